The van der Waals surface area contributed by atoms with Gasteiger partial charge in [-0.1, -0.05) is 24.3 Å². The molecule has 1 aliphatic rings. The topological polar surface area (TPSA) is 92.2 Å². The van der Waals surface area contributed by atoms with Crippen molar-refractivity contribution in [1.82, 2.24) is 0 Å². The van der Waals surface area contributed by atoms with E-state index in [9.17, 15) is 0 Å². The molecule has 0 spiro atoms. The van der Waals surface area contributed by atoms with Gasteiger partial charge in [0, 0.05) is 19.5 Å². The summed E-state index contributed by atoms with van der Waals surface area (Å²) in [7, 11) is -4.94. The Morgan fingerprint density at radius 3 is 0.929 bits per heavy atom. The zero-order valence-electron chi connectivity index (χ0n) is 7.48. The minimum atomic E-state index is -4.94. The average molecular weight is 311 g/mol. The van der Waals surface area contributed by atoms with E-state index in [4.69, 9.17) is 18.6 Å². The molecule has 0 atom stereocenters. The molecule has 0 N–H and O–H groups in total. The summed E-state index contributed by atoms with van der Waals surface area (Å²) >= 11 is 0. The van der Waals surface area contributed by atoms with Crippen LogP contribution in [0.2, 0.25) is 0 Å². The largest absolute Gasteiger partial charge is 0.222 e. The van der Waals surface area contributed by atoms with Crippen LogP contribution in [0.4, 0.5) is 0 Å². The van der Waals surface area contributed by atoms with Gasteiger partial charge in [-0.05, 0) is 25.7 Å². The van der Waals surface area contributed by atoms with Crippen molar-refractivity contribution in [2.75, 3.05) is 0 Å². The van der Waals surface area contributed by atoms with E-state index < -0.39 is 10.2 Å². The smallest absolute Gasteiger partial charge is 0 e. The fourth-order valence-electron chi connectivity index (χ4n) is 0.856. The van der Waals surface area contributed by atoms with E-state index in [0.29, 0.717) is 0 Å². The van der Waals surface area contributed by atoms with Gasteiger partial charge in [0.25, 0.3) is 0 Å². The molecule has 0 unspecified atom stereocenters. The maximum Gasteiger partial charge on any atom is 0 e. The molecule has 0 saturated carbocycles. The molecule has 6 heteroatoms. The summed E-state index contributed by atoms with van der Waals surface area (Å²) in [6.45, 7) is 0. The molecule has 4 nitrogen and oxygen atoms in total. The first-order valence-corrected chi connectivity index (χ1v) is 5.15. The number of halogens is 1. The molecule has 0 saturated heterocycles. The van der Waals surface area contributed by atoms with Crippen molar-refractivity contribution in [3.63, 3.8) is 0 Å². The fourth-order valence-corrected chi connectivity index (χ4v) is 0.856. The van der Waals surface area contributed by atoms with Crippen LogP contribution in [0.1, 0.15) is 25.7 Å². The maximum absolute atomic E-state index is 8.49. The first-order chi connectivity index (χ1) is 6.00. The van der Waals surface area contributed by atoms with Crippen LogP contribution < -0.4 is 18.6 Å². The molecule has 0 aromatic carbocycles. The van der Waals surface area contributed by atoms with Crippen molar-refractivity contribution >= 4 is 0 Å². The molecule has 14 heavy (non-hydrogen) atoms. The van der Waals surface area contributed by atoms with Crippen molar-refractivity contribution in [1.29, 1.82) is 0 Å². The van der Waals surface area contributed by atoms with E-state index in [-0.39, 0.29) is 19.5 Å². The minimum absolute atomic E-state index is 0. The van der Waals surface area contributed by atoms with Gasteiger partial charge in [0.1, 0.15) is 0 Å². The van der Waals surface area contributed by atoms with E-state index in [1.807, 2.05) is 0 Å². The Balaban J connectivity index is 0. The zero-order valence-corrected chi connectivity index (χ0v) is 9.88. The fraction of sp³-hybridized carbons (Fsp3) is 0.500. The molecular weight excluding hydrogens is 298 g/mol. The number of allylic oxidation sites excluding steroid dienone is 4. The molecule has 1 radical (unpaired) electrons. The summed E-state index contributed by atoms with van der Waals surface area (Å²) in [5, 5.41) is 0. The Morgan fingerprint density at radius 1 is 0.643 bits per heavy atom. The Bertz CT molecular complexity index is 145. The summed E-state index contributed by atoms with van der Waals surface area (Å²) in [5.74, 6) is 0. The zero-order chi connectivity index (χ0) is 10.2. The summed E-state index contributed by atoms with van der Waals surface area (Å²) < 4.78 is 34.0. The summed E-state index contributed by atoms with van der Waals surface area (Å²) in [6, 6.07) is 0. The van der Waals surface area contributed by atoms with E-state index in [1.165, 1.54) is 25.7 Å². The van der Waals surface area contributed by atoms with Crippen molar-refractivity contribution in [3.05, 3.63) is 24.3 Å². The van der Waals surface area contributed by atoms with Gasteiger partial charge in [0.15, 0.2) is 0 Å². The summed E-state index contributed by atoms with van der Waals surface area (Å²) in [4.78, 5) is 0. The molecule has 0 aromatic heterocycles. The standard InChI is InChI=1S/C8H12.ClHO4.Rh/c1-2-4-6-8-7-5-3-1;2-1(3,4)5;/h1-2,7-8H,3-6H2;(H,2,3,4,5);/p-1/b2-1-,8-7-;;. The molecule has 0 aromatic rings. The van der Waals surface area contributed by atoms with Crippen molar-refractivity contribution < 1.29 is 48.4 Å². The summed E-state index contributed by atoms with van der Waals surface area (Å²) in [6.07, 6.45) is 14.0. The van der Waals surface area contributed by atoms with Crippen LogP contribution in [0.3, 0.4) is 0 Å². The number of hydrogen-bond donors (Lipinski definition) is 0. The third-order valence-corrected chi connectivity index (χ3v) is 1.33. The van der Waals surface area contributed by atoms with Crippen molar-refractivity contribution in [3.8, 4) is 0 Å². The third-order valence-electron chi connectivity index (χ3n) is 1.33. The Morgan fingerprint density at radius 2 is 0.786 bits per heavy atom. The second-order valence-electron chi connectivity index (χ2n) is 2.48. The second-order valence-corrected chi connectivity index (χ2v) is 3.23. The van der Waals surface area contributed by atoms with Gasteiger partial charge in [0.2, 0.25) is 0 Å². The average Bonchev–Trinajstić information content (AvgIpc) is 1.79. The Kier molecular flexibility index (Phi) is 11.6. The Labute approximate surface area is 98.4 Å². The van der Waals surface area contributed by atoms with Gasteiger partial charge < -0.3 is 0 Å². The van der Waals surface area contributed by atoms with Gasteiger partial charge in [-0.15, -0.1) is 10.2 Å². The van der Waals surface area contributed by atoms with Crippen LogP contribution in [0.5, 0.6) is 0 Å². The first kappa shape index (κ1) is 16.7. The van der Waals surface area contributed by atoms with E-state index in [2.05, 4.69) is 24.3 Å². The van der Waals surface area contributed by atoms with E-state index in [1.54, 1.807) is 0 Å². The molecule has 1 rings (SSSR count). The van der Waals surface area contributed by atoms with E-state index in [0.717, 1.165) is 0 Å². The predicted molar refractivity (Wildman–Crippen MR) is 36.7 cm³/mol. The SMILES string of the molecule is C1=C\CC/C=C\CC/1.[O-][Cl+3]([O-])([O-])[O-].[Rh]. The van der Waals surface area contributed by atoms with Crippen LogP contribution in [0.25, 0.3) is 0 Å². The quantitative estimate of drug-likeness (QED) is 0.379. The van der Waals surface area contributed by atoms with Crippen LogP contribution in [0.15, 0.2) is 24.3 Å². The van der Waals surface area contributed by atoms with Gasteiger partial charge in [0.05, 0.1) is 0 Å². The van der Waals surface area contributed by atoms with Gasteiger partial charge in [-0.3, -0.25) is 0 Å². The van der Waals surface area contributed by atoms with Crippen LogP contribution in [-0.2, 0) is 19.5 Å². The summed E-state index contributed by atoms with van der Waals surface area (Å²) in [5.41, 5.74) is 0. The molecular formula is C8H12ClO4Rh-. The van der Waals surface area contributed by atoms with Crippen molar-refractivity contribution in [2.45, 2.75) is 25.7 Å². The van der Waals surface area contributed by atoms with Crippen LogP contribution in [0, 0.1) is 10.2 Å². The van der Waals surface area contributed by atoms with Crippen LogP contribution >= 0.6 is 0 Å². The van der Waals surface area contributed by atoms with E-state index >= 15 is 0 Å². The molecule has 1 aliphatic carbocycles. The molecule has 0 bridgehead atoms. The molecule has 0 aliphatic heterocycles. The van der Waals surface area contributed by atoms with Crippen LogP contribution in [-0.4, -0.2) is 0 Å². The number of rotatable bonds is 0. The third kappa shape index (κ3) is 22.8. The monoisotopic (exact) mass is 310 g/mol. The van der Waals surface area contributed by atoms with Crippen molar-refractivity contribution in [2.24, 2.45) is 0 Å². The number of hydrogen-bond acceptors (Lipinski definition) is 4. The second kappa shape index (κ2) is 9.78. The predicted octanol–water partition coefficient (Wildman–Crippen LogP) is -2.09. The molecule has 85 valence electrons. The first-order valence-electron chi connectivity index (χ1n) is 3.92. The molecule has 0 heterocycles. The Hall–Kier alpha value is 0.233. The minimum Gasteiger partial charge on any atom is -0.222 e. The normalized spacial score (nSPS) is 20.3. The maximum atomic E-state index is 8.49. The molecule has 0 amide bonds. The van der Waals surface area contributed by atoms with Gasteiger partial charge in [-0.25, -0.2) is 18.6 Å². The van der Waals surface area contributed by atoms with Gasteiger partial charge >= 0.3 is 0 Å². The van der Waals surface area contributed by atoms with Gasteiger partial charge in [-0.2, -0.15) is 0 Å². The molecule has 0 fully saturated rings.